The summed E-state index contributed by atoms with van der Waals surface area (Å²) < 4.78 is 41.0. The second-order valence-corrected chi connectivity index (χ2v) is 7.80. The molecule has 1 aliphatic carbocycles. The van der Waals surface area contributed by atoms with E-state index in [1.807, 2.05) is 6.07 Å². The molecule has 0 atom stereocenters. The van der Waals surface area contributed by atoms with Crippen molar-refractivity contribution in [3.63, 3.8) is 0 Å². The number of hydrogen-bond donors (Lipinski definition) is 0. The zero-order chi connectivity index (χ0) is 19.2. The molecule has 0 bridgehead atoms. The standard InChI is InChI=1S/C23H28F3N/c1-2-3-4-5-6-16-7-9-17(10-8-16)18-11-12-20(21(24)13-18)19-14-22(25)23(26)27-15-19/h11-17H,2-10H2,1H3/t16-,17-. The van der Waals surface area contributed by atoms with Crippen LogP contribution in [0, 0.1) is 23.5 Å². The molecule has 2 aromatic rings. The van der Waals surface area contributed by atoms with E-state index in [2.05, 4.69) is 11.9 Å². The normalized spacial score (nSPS) is 20.0. The molecule has 146 valence electrons. The highest BCUT2D eigenvalue weighted by atomic mass is 19.2. The molecule has 0 spiro atoms. The van der Waals surface area contributed by atoms with Gasteiger partial charge in [-0.25, -0.2) is 13.8 Å². The maximum atomic E-state index is 14.6. The van der Waals surface area contributed by atoms with E-state index >= 15 is 0 Å². The molecular formula is C23H28F3N. The van der Waals surface area contributed by atoms with E-state index in [1.165, 1.54) is 51.1 Å². The number of halogens is 3. The first-order valence-corrected chi connectivity index (χ1v) is 10.2. The van der Waals surface area contributed by atoms with Crippen LogP contribution in [0.2, 0.25) is 0 Å². The second-order valence-electron chi connectivity index (χ2n) is 7.80. The van der Waals surface area contributed by atoms with Crippen LogP contribution in [0.5, 0.6) is 0 Å². The number of pyridine rings is 1. The lowest BCUT2D eigenvalue weighted by atomic mass is 9.77. The van der Waals surface area contributed by atoms with E-state index in [-0.39, 0.29) is 11.1 Å². The fourth-order valence-electron chi connectivity index (χ4n) is 4.23. The molecule has 1 heterocycles. The van der Waals surface area contributed by atoms with Crippen LogP contribution in [-0.2, 0) is 0 Å². The van der Waals surface area contributed by atoms with Crippen molar-refractivity contribution >= 4 is 0 Å². The summed E-state index contributed by atoms with van der Waals surface area (Å²) in [6.45, 7) is 2.23. The quantitative estimate of drug-likeness (QED) is 0.363. The number of unbranched alkanes of at least 4 members (excludes halogenated alkanes) is 3. The van der Waals surface area contributed by atoms with Gasteiger partial charge in [-0.1, -0.05) is 51.2 Å². The summed E-state index contributed by atoms with van der Waals surface area (Å²) in [6, 6.07) is 6.13. The molecule has 1 saturated carbocycles. The number of aromatic nitrogens is 1. The lowest BCUT2D eigenvalue weighted by molar-refractivity contribution is 0.302. The summed E-state index contributed by atoms with van der Waals surface area (Å²) in [5.74, 6) is -1.42. The highest BCUT2D eigenvalue weighted by Crippen LogP contribution is 2.39. The fourth-order valence-corrected chi connectivity index (χ4v) is 4.23. The summed E-state index contributed by atoms with van der Waals surface area (Å²) in [7, 11) is 0. The molecule has 0 N–H and O–H groups in total. The van der Waals surface area contributed by atoms with Crippen molar-refractivity contribution in [1.82, 2.24) is 4.98 Å². The average molecular weight is 375 g/mol. The Balaban J connectivity index is 1.60. The summed E-state index contributed by atoms with van der Waals surface area (Å²) in [5, 5.41) is 0. The maximum Gasteiger partial charge on any atom is 0.248 e. The summed E-state index contributed by atoms with van der Waals surface area (Å²) in [6.07, 6.45) is 12.4. The van der Waals surface area contributed by atoms with Crippen LogP contribution in [0.4, 0.5) is 13.2 Å². The third kappa shape index (κ3) is 5.12. The molecule has 0 amide bonds. The molecule has 0 saturated heterocycles. The van der Waals surface area contributed by atoms with Crippen molar-refractivity contribution in [3.8, 4) is 11.1 Å². The minimum absolute atomic E-state index is 0.258. The first-order valence-electron chi connectivity index (χ1n) is 10.2. The Morgan fingerprint density at radius 1 is 0.926 bits per heavy atom. The average Bonchev–Trinajstić information content (AvgIpc) is 2.68. The van der Waals surface area contributed by atoms with Gasteiger partial charge in [0.25, 0.3) is 0 Å². The van der Waals surface area contributed by atoms with Crippen molar-refractivity contribution in [3.05, 3.63) is 53.6 Å². The van der Waals surface area contributed by atoms with E-state index in [9.17, 15) is 13.2 Å². The SMILES string of the molecule is CCCCCC[C@H]1CC[C@H](c2ccc(-c3cnc(F)c(F)c3)c(F)c2)CC1. The largest absolute Gasteiger partial charge is 0.248 e. The van der Waals surface area contributed by atoms with E-state index in [0.29, 0.717) is 5.92 Å². The van der Waals surface area contributed by atoms with Crippen molar-refractivity contribution in [2.45, 2.75) is 70.6 Å². The summed E-state index contributed by atoms with van der Waals surface area (Å²) >= 11 is 0. The lowest BCUT2D eigenvalue weighted by Gasteiger charge is -2.29. The van der Waals surface area contributed by atoms with E-state index < -0.39 is 17.6 Å². The van der Waals surface area contributed by atoms with Crippen LogP contribution in [0.3, 0.4) is 0 Å². The summed E-state index contributed by atoms with van der Waals surface area (Å²) in [5.41, 5.74) is 1.53. The third-order valence-corrected chi connectivity index (χ3v) is 5.88. The van der Waals surface area contributed by atoms with Gasteiger partial charge >= 0.3 is 0 Å². The van der Waals surface area contributed by atoms with Crippen LogP contribution in [-0.4, -0.2) is 4.98 Å². The second kappa shape index (κ2) is 9.38. The Hall–Kier alpha value is -1.84. The molecule has 0 aliphatic heterocycles. The van der Waals surface area contributed by atoms with Crippen molar-refractivity contribution < 1.29 is 13.2 Å². The van der Waals surface area contributed by atoms with E-state index in [0.717, 1.165) is 30.4 Å². The molecule has 3 rings (SSSR count). The molecule has 4 heteroatoms. The van der Waals surface area contributed by atoms with Gasteiger partial charge in [-0.3, -0.25) is 0 Å². The minimum Gasteiger partial charge on any atom is -0.225 e. The van der Waals surface area contributed by atoms with Crippen LogP contribution in [0.1, 0.15) is 76.2 Å². The smallest absolute Gasteiger partial charge is 0.225 e. The third-order valence-electron chi connectivity index (χ3n) is 5.88. The van der Waals surface area contributed by atoms with Crippen LogP contribution >= 0.6 is 0 Å². The number of benzene rings is 1. The first kappa shape index (κ1) is 19.9. The molecular weight excluding hydrogens is 347 g/mol. The van der Waals surface area contributed by atoms with Gasteiger partial charge in [0.1, 0.15) is 5.82 Å². The molecule has 1 nitrogen and oxygen atoms in total. The summed E-state index contributed by atoms with van der Waals surface area (Å²) in [4.78, 5) is 3.34. The van der Waals surface area contributed by atoms with Crippen LogP contribution in [0.25, 0.3) is 11.1 Å². The van der Waals surface area contributed by atoms with Crippen LogP contribution in [0.15, 0.2) is 30.5 Å². The van der Waals surface area contributed by atoms with Gasteiger partial charge in [0.2, 0.25) is 5.95 Å². The molecule has 0 radical (unpaired) electrons. The molecule has 27 heavy (non-hydrogen) atoms. The van der Waals surface area contributed by atoms with Crippen molar-refractivity contribution in [2.24, 2.45) is 5.92 Å². The predicted molar refractivity (Wildman–Crippen MR) is 103 cm³/mol. The Bertz CT molecular complexity index is 751. The lowest BCUT2D eigenvalue weighted by Crippen LogP contribution is -2.13. The molecule has 1 aliphatic rings. The first-order chi connectivity index (χ1) is 13.1. The van der Waals surface area contributed by atoms with Gasteiger partial charge in [-0.15, -0.1) is 0 Å². The van der Waals surface area contributed by atoms with E-state index in [4.69, 9.17) is 0 Å². The predicted octanol–water partition coefficient (Wildman–Crippen LogP) is 7.41. The Morgan fingerprint density at radius 3 is 2.37 bits per heavy atom. The highest BCUT2D eigenvalue weighted by molar-refractivity contribution is 5.63. The minimum atomic E-state index is -1.16. The number of hydrogen-bond acceptors (Lipinski definition) is 1. The zero-order valence-corrected chi connectivity index (χ0v) is 16.0. The van der Waals surface area contributed by atoms with Gasteiger partial charge in [0.05, 0.1) is 0 Å². The maximum absolute atomic E-state index is 14.6. The molecule has 1 aromatic heterocycles. The Kier molecular flexibility index (Phi) is 6.92. The molecule has 0 unspecified atom stereocenters. The van der Waals surface area contributed by atoms with Crippen LogP contribution < -0.4 is 0 Å². The van der Waals surface area contributed by atoms with Gasteiger partial charge in [0, 0.05) is 17.3 Å². The Morgan fingerprint density at radius 2 is 1.70 bits per heavy atom. The van der Waals surface area contributed by atoms with Crippen molar-refractivity contribution in [1.29, 1.82) is 0 Å². The fraction of sp³-hybridized carbons (Fsp3) is 0.522. The topological polar surface area (TPSA) is 12.9 Å². The van der Waals surface area contributed by atoms with E-state index in [1.54, 1.807) is 12.1 Å². The van der Waals surface area contributed by atoms with Gasteiger partial charge < -0.3 is 0 Å². The van der Waals surface area contributed by atoms with Gasteiger partial charge in [-0.2, -0.15) is 4.39 Å². The monoisotopic (exact) mass is 375 g/mol. The van der Waals surface area contributed by atoms with Gasteiger partial charge in [0.15, 0.2) is 5.82 Å². The molecule has 1 aromatic carbocycles. The number of rotatable bonds is 7. The number of nitrogens with zero attached hydrogens (tertiary/aromatic N) is 1. The zero-order valence-electron chi connectivity index (χ0n) is 16.0. The van der Waals surface area contributed by atoms with Gasteiger partial charge in [-0.05, 0) is 55.2 Å². The Labute approximate surface area is 160 Å². The molecule has 1 fully saturated rings. The highest BCUT2D eigenvalue weighted by Gasteiger charge is 2.23. The van der Waals surface area contributed by atoms with Crippen molar-refractivity contribution in [2.75, 3.05) is 0 Å².